The van der Waals surface area contributed by atoms with Gasteiger partial charge in [0.25, 0.3) is 0 Å². The molecule has 2 amide bonds. The zero-order chi connectivity index (χ0) is 34.0. The van der Waals surface area contributed by atoms with Crippen LogP contribution in [0.3, 0.4) is 0 Å². The molecular weight excluding hydrogens is 623 g/mol. The second-order valence-electron chi connectivity index (χ2n) is 13.4. The van der Waals surface area contributed by atoms with Crippen molar-refractivity contribution in [2.24, 2.45) is 0 Å². The molecule has 0 saturated carbocycles. The quantitative estimate of drug-likeness (QED) is 0.0321. The SMILES string of the molecule is CCCCCCCCCCCCCCCCCC(=O)N[C@@H](CCCOS(=O)(=O)[O-])C(=O)NCCCCCCCCCCCCCC.[Na+]. The van der Waals surface area contributed by atoms with Gasteiger partial charge in [0.15, 0.2) is 0 Å². The maximum atomic E-state index is 12.8. The zero-order valence-corrected chi connectivity index (χ0v) is 33.9. The summed E-state index contributed by atoms with van der Waals surface area (Å²) in [6, 6.07) is -0.765. The average molecular weight is 697 g/mol. The van der Waals surface area contributed by atoms with Crippen molar-refractivity contribution in [1.82, 2.24) is 10.6 Å². The van der Waals surface area contributed by atoms with E-state index in [4.69, 9.17) is 0 Å². The van der Waals surface area contributed by atoms with Crippen molar-refractivity contribution in [2.75, 3.05) is 13.2 Å². The van der Waals surface area contributed by atoms with Gasteiger partial charge < -0.3 is 15.2 Å². The molecule has 0 bridgehead atoms. The van der Waals surface area contributed by atoms with Gasteiger partial charge in [0.05, 0.1) is 6.61 Å². The van der Waals surface area contributed by atoms with E-state index in [0.29, 0.717) is 13.0 Å². The Morgan fingerprint density at radius 1 is 0.574 bits per heavy atom. The van der Waals surface area contributed by atoms with Crippen LogP contribution in [-0.4, -0.2) is 44.0 Å². The van der Waals surface area contributed by atoms with Gasteiger partial charge in [-0.1, -0.05) is 174 Å². The molecule has 0 spiro atoms. The number of hydrogen-bond donors (Lipinski definition) is 2. The van der Waals surface area contributed by atoms with Crippen LogP contribution in [-0.2, 0) is 24.2 Å². The molecule has 8 nitrogen and oxygen atoms in total. The molecule has 0 radical (unpaired) electrons. The van der Waals surface area contributed by atoms with Crippen molar-refractivity contribution in [3.8, 4) is 0 Å². The molecule has 0 unspecified atom stereocenters. The number of nitrogens with one attached hydrogen (secondary N) is 2. The van der Waals surface area contributed by atoms with Gasteiger partial charge in [0.1, 0.15) is 6.04 Å². The molecule has 47 heavy (non-hydrogen) atoms. The number of rotatable bonds is 36. The van der Waals surface area contributed by atoms with Crippen molar-refractivity contribution in [3.63, 3.8) is 0 Å². The van der Waals surface area contributed by atoms with E-state index < -0.39 is 16.4 Å². The van der Waals surface area contributed by atoms with Gasteiger partial charge in [0, 0.05) is 13.0 Å². The van der Waals surface area contributed by atoms with E-state index in [1.807, 2.05) is 0 Å². The van der Waals surface area contributed by atoms with E-state index in [1.165, 1.54) is 135 Å². The third-order valence-corrected chi connectivity index (χ3v) is 9.31. The van der Waals surface area contributed by atoms with Crippen LogP contribution in [0.1, 0.15) is 206 Å². The molecular formula is C37H73N2NaO6S. The Hall–Kier alpha value is -0.190. The Kier molecular flexibility index (Phi) is 38.6. The van der Waals surface area contributed by atoms with Gasteiger partial charge in [-0.3, -0.25) is 13.8 Å². The van der Waals surface area contributed by atoms with Crippen LogP contribution in [0.5, 0.6) is 0 Å². The Bertz CT molecular complexity index is 800. The van der Waals surface area contributed by atoms with Crippen LogP contribution < -0.4 is 40.2 Å². The molecule has 0 saturated heterocycles. The van der Waals surface area contributed by atoms with Crippen LogP contribution in [0, 0.1) is 0 Å². The van der Waals surface area contributed by atoms with Crippen LogP contribution in [0.4, 0.5) is 0 Å². The molecule has 0 heterocycles. The maximum Gasteiger partial charge on any atom is 1.00 e. The second kappa shape index (κ2) is 37.1. The average Bonchev–Trinajstić information content (AvgIpc) is 3.02. The van der Waals surface area contributed by atoms with Crippen molar-refractivity contribution in [1.29, 1.82) is 0 Å². The summed E-state index contributed by atoms with van der Waals surface area (Å²) in [5.41, 5.74) is 0. The summed E-state index contributed by atoms with van der Waals surface area (Å²) < 4.78 is 36.5. The molecule has 274 valence electrons. The van der Waals surface area contributed by atoms with Crippen molar-refractivity contribution in [2.45, 2.75) is 213 Å². The first-order valence-corrected chi connectivity index (χ1v) is 20.8. The summed E-state index contributed by atoms with van der Waals surface area (Å²) >= 11 is 0. The Morgan fingerprint density at radius 2 is 0.936 bits per heavy atom. The smallest absolute Gasteiger partial charge is 0.726 e. The largest absolute Gasteiger partial charge is 1.00 e. The molecule has 0 aliphatic heterocycles. The molecule has 0 fully saturated rings. The third-order valence-electron chi connectivity index (χ3n) is 8.85. The molecule has 1 atom stereocenters. The Labute approximate surface area is 313 Å². The fraction of sp³-hybridized carbons (Fsp3) is 0.946. The van der Waals surface area contributed by atoms with E-state index in [0.717, 1.165) is 38.5 Å². The van der Waals surface area contributed by atoms with Gasteiger partial charge in [-0.15, -0.1) is 0 Å². The maximum absolute atomic E-state index is 12.8. The van der Waals surface area contributed by atoms with E-state index in [9.17, 15) is 22.6 Å². The standard InChI is InChI=1S/C37H74N2O6S.Na/c1-3-5-7-9-11-13-15-17-18-19-20-22-24-26-28-32-36(40)39-35(31-30-34-45-46(42,43)44)37(41)38-33-29-27-25-23-21-16-14-12-10-8-6-4-2;/h35H,3-34H2,1-2H3,(H,38,41)(H,39,40)(H,42,43,44);/q;+1/p-1/t35-;/m0./s1. The fourth-order valence-electron chi connectivity index (χ4n) is 5.94. The van der Waals surface area contributed by atoms with Crippen molar-refractivity contribution >= 4 is 22.2 Å². The minimum atomic E-state index is -4.77. The minimum Gasteiger partial charge on any atom is -0.726 e. The molecule has 10 heteroatoms. The van der Waals surface area contributed by atoms with E-state index in [-0.39, 0.29) is 60.8 Å². The summed E-state index contributed by atoms with van der Waals surface area (Å²) in [6.07, 6.45) is 34.6. The topological polar surface area (TPSA) is 125 Å². The number of amides is 2. The van der Waals surface area contributed by atoms with Crippen LogP contribution >= 0.6 is 0 Å². The fourth-order valence-corrected chi connectivity index (χ4v) is 6.26. The van der Waals surface area contributed by atoms with Crippen molar-refractivity contribution in [3.05, 3.63) is 0 Å². The Balaban J connectivity index is 0. The third kappa shape index (κ3) is 38.5. The van der Waals surface area contributed by atoms with E-state index in [2.05, 4.69) is 28.7 Å². The second-order valence-corrected chi connectivity index (χ2v) is 14.4. The normalized spacial score (nSPS) is 12.1. The van der Waals surface area contributed by atoms with E-state index >= 15 is 0 Å². The number of carbonyl (C=O) groups is 2. The van der Waals surface area contributed by atoms with Crippen LogP contribution in [0.15, 0.2) is 0 Å². The first kappa shape index (κ1) is 48.9. The minimum absolute atomic E-state index is 0. The summed E-state index contributed by atoms with van der Waals surface area (Å²) in [4.78, 5) is 25.4. The molecule has 0 aromatic rings. The summed E-state index contributed by atoms with van der Waals surface area (Å²) in [7, 11) is -4.77. The molecule has 0 aromatic carbocycles. The summed E-state index contributed by atoms with van der Waals surface area (Å²) in [6.45, 7) is 4.75. The van der Waals surface area contributed by atoms with Crippen molar-refractivity contribution < 1.29 is 56.3 Å². The van der Waals surface area contributed by atoms with E-state index in [1.54, 1.807) is 0 Å². The van der Waals surface area contributed by atoms with Gasteiger partial charge in [-0.05, 0) is 25.7 Å². The molecule has 0 aliphatic rings. The predicted molar refractivity (Wildman–Crippen MR) is 190 cm³/mol. The van der Waals surface area contributed by atoms with Crippen LogP contribution in [0.25, 0.3) is 0 Å². The molecule has 0 rings (SSSR count). The Morgan fingerprint density at radius 3 is 1.32 bits per heavy atom. The predicted octanol–water partition coefficient (Wildman–Crippen LogP) is 6.81. The molecule has 0 aromatic heterocycles. The van der Waals surface area contributed by atoms with Gasteiger partial charge in [0.2, 0.25) is 22.2 Å². The first-order chi connectivity index (χ1) is 22.3. The molecule has 2 N–H and O–H groups in total. The van der Waals surface area contributed by atoms with Gasteiger partial charge in [-0.2, -0.15) is 0 Å². The molecule has 0 aliphatic carbocycles. The number of unbranched alkanes of at least 4 members (excludes halogenated alkanes) is 25. The van der Waals surface area contributed by atoms with Crippen LogP contribution in [0.2, 0.25) is 0 Å². The first-order valence-electron chi connectivity index (χ1n) is 19.5. The summed E-state index contributed by atoms with van der Waals surface area (Å²) in [5, 5.41) is 5.75. The summed E-state index contributed by atoms with van der Waals surface area (Å²) in [5.74, 6) is -0.435. The zero-order valence-electron chi connectivity index (χ0n) is 31.1. The number of hydrogen-bond acceptors (Lipinski definition) is 6. The monoisotopic (exact) mass is 697 g/mol. The number of carbonyl (C=O) groups excluding carboxylic acids is 2. The van der Waals surface area contributed by atoms with Gasteiger partial charge in [-0.25, -0.2) is 8.42 Å². The van der Waals surface area contributed by atoms with Gasteiger partial charge >= 0.3 is 29.6 Å².